The third-order valence-corrected chi connectivity index (χ3v) is 3.79. The molecule has 0 saturated heterocycles. The maximum atomic E-state index is 11.2. The summed E-state index contributed by atoms with van der Waals surface area (Å²) in [7, 11) is -3.36. The van der Waals surface area contributed by atoms with E-state index in [2.05, 4.69) is 5.16 Å². The van der Waals surface area contributed by atoms with Crippen molar-refractivity contribution in [2.75, 3.05) is 12.4 Å². The summed E-state index contributed by atoms with van der Waals surface area (Å²) in [5.74, 6) is -0.0783. The molecular formula is C6H13NO4S. The van der Waals surface area contributed by atoms with E-state index in [1.54, 1.807) is 0 Å². The number of aliphatic hydroxyl groups is 1. The molecule has 0 heterocycles. The number of aliphatic hydroxyl groups excluding tert-OH is 1. The maximum absolute atomic E-state index is 11.2. The summed E-state index contributed by atoms with van der Waals surface area (Å²) in [5, 5.41) is 18.7. The minimum Gasteiger partial charge on any atom is -0.411 e. The fourth-order valence-corrected chi connectivity index (χ4v) is 1.97. The topological polar surface area (TPSA) is 87.0 Å². The molecule has 0 bridgehead atoms. The fraction of sp³-hybridized carbons (Fsp3) is 0.833. The molecule has 0 spiro atoms. The van der Waals surface area contributed by atoms with E-state index in [1.165, 1.54) is 13.8 Å². The Morgan fingerprint density at radius 1 is 1.58 bits per heavy atom. The average Bonchev–Trinajstić information content (AvgIpc) is 2.05. The highest BCUT2D eigenvalue weighted by atomic mass is 32.2. The molecule has 12 heavy (non-hydrogen) atoms. The van der Waals surface area contributed by atoms with Gasteiger partial charge in [-0.05, 0) is 6.92 Å². The van der Waals surface area contributed by atoms with Crippen molar-refractivity contribution in [3.05, 3.63) is 0 Å². The predicted octanol–water partition coefficient (Wildman–Crippen LogP) is -0.368. The number of sulfone groups is 1. The molecule has 0 saturated carbocycles. The van der Waals surface area contributed by atoms with Gasteiger partial charge in [0.1, 0.15) is 5.25 Å². The lowest BCUT2D eigenvalue weighted by atomic mass is 10.3. The Hall–Kier alpha value is -0.620. The van der Waals surface area contributed by atoms with Gasteiger partial charge in [0.25, 0.3) is 0 Å². The number of rotatable bonds is 4. The zero-order valence-electron chi connectivity index (χ0n) is 7.06. The molecule has 2 N–H and O–H groups in total. The first-order chi connectivity index (χ1) is 5.49. The van der Waals surface area contributed by atoms with E-state index in [9.17, 15) is 8.42 Å². The van der Waals surface area contributed by atoms with Gasteiger partial charge in [-0.2, -0.15) is 0 Å². The highest BCUT2D eigenvalue weighted by Crippen LogP contribution is 2.04. The first-order valence-electron chi connectivity index (χ1n) is 3.50. The Morgan fingerprint density at radius 3 is 2.33 bits per heavy atom. The zero-order valence-corrected chi connectivity index (χ0v) is 7.87. The molecule has 5 nitrogen and oxygen atoms in total. The van der Waals surface area contributed by atoms with Crippen LogP contribution in [0.25, 0.3) is 0 Å². The van der Waals surface area contributed by atoms with Crippen molar-refractivity contribution in [2.24, 2.45) is 5.16 Å². The van der Waals surface area contributed by atoms with E-state index >= 15 is 0 Å². The SMILES string of the molecule is CCS(=O)(=O)[C@H](CO)/C(C)=N/O. The largest absolute Gasteiger partial charge is 0.411 e. The maximum Gasteiger partial charge on any atom is 0.160 e. The molecule has 0 amide bonds. The van der Waals surface area contributed by atoms with Crippen LogP contribution in [0.15, 0.2) is 5.16 Å². The van der Waals surface area contributed by atoms with Gasteiger partial charge in [-0.25, -0.2) is 8.42 Å². The van der Waals surface area contributed by atoms with Gasteiger partial charge in [0, 0.05) is 5.75 Å². The van der Waals surface area contributed by atoms with Crippen molar-refractivity contribution in [2.45, 2.75) is 19.1 Å². The number of oxime groups is 1. The van der Waals surface area contributed by atoms with E-state index in [0.29, 0.717) is 0 Å². The van der Waals surface area contributed by atoms with E-state index in [4.69, 9.17) is 10.3 Å². The van der Waals surface area contributed by atoms with Crippen LogP contribution in [-0.4, -0.2) is 42.1 Å². The van der Waals surface area contributed by atoms with Crippen molar-refractivity contribution in [1.82, 2.24) is 0 Å². The van der Waals surface area contributed by atoms with E-state index < -0.39 is 21.7 Å². The number of hydrogen-bond acceptors (Lipinski definition) is 5. The summed E-state index contributed by atoms with van der Waals surface area (Å²) in [6, 6.07) is 0. The first-order valence-corrected chi connectivity index (χ1v) is 5.22. The average molecular weight is 195 g/mol. The van der Waals surface area contributed by atoms with Crippen molar-refractivity contribution in [1.29, 1.82) is 0 Å². The normalized spacial score (nSPS) is 16.1. The van der Waals surface area contributed by atoms with Crippen LogP contribution in [0.5, 0.6) is 0 Å². The summed E-state index contributed by atoms with van der Waals surface area (Å²) >= 11 is 0. The molecule has 0 aromatic carbocycles. The minimum absolute atomic E-state index is 0.0133. The lowest BCUT2D eigenvalue weighted by Crippen LogP contribution is -2.33. The molecule has 0 aliphatic rings. The second-order valence-electron chi connectivity index (χ2n) is 2.36. The first kappa shape index (κ1) is 11.4. The molecule has 0 aliphatic carbocycles. The van der Waals surface area contributed by atoms with Crippen molar-refractivity contribution >= 4 is 15.5 Å². The van der Waals surface area contributed by atoms with Gasteiger partial charge in [0.05, 0.1) is 12.3 Å². The second kappa shape index (κ2) is 4.42. The predicted molar refractivity (Wildman–Crippen MR) is 45.2 cm³/mol. The summed E-state index contributed by atoms with van der Waals surface area (Å²) in [5.41, 5.74) is 0.0133. The van der Waals surface area contributed by atoms with Gasteiger partial charge >= 0.3 is 0 Å². The van der Waals surface area contributed by atoms with Crippen LogP contribution in [-0.2, 0) is 9.84 Å². The van der Waals surface area contributed by atoms with Crippen LogP contribution in [0.4, 0.5) is 0 Å². The van der Waals surface area contributed by atoms with Gasteiger partial charge in [-0.3, -0.25) is 0 Å². The molecule has 0 unspecified atom stereocenters. The van der Waals surface area contributed by atoms with Crippen LogP contribution in [0.3, 0.4) is 0 Å². The quantitative estimate of drug-likeness (QED) is 0.364. The van der Waals surface area contributed by atoms with Crippen LogP contribution in [0.2, 0.25) is 0 Å². The van der Waals surface area contributed by atoms with Gasteiger partial charge in [0.2, 0.25) is 0 Å². The van der Waals surface area contributed by atoms with Gasteiger partial charge in [-0.1, -0.05) is 12.1 Å². The minimum atomic E-state index is -3.36. The summed E-state index contributed by atoms with van der Waals surface area (Å²) in [4.78, 5) is 0. The molecule has 0 aromatic rings. The van der Waals surface area contributed by atoms with E-state index in [1.807, 2.05) is 0 Å². The Morgan fingerprint density at radius 2 is 2.08 bits per heavy atom. The van der Waals surface area contributed by atoms with Crippen LogP contribution in [0.1, 0.15) is 13.8 Å². The molecule has 1 atom stereocenters. The lowest BCUT2D eigenvalue weighted by molar-refractivity contribution is 0.295. The molecule has 0 aromatic heterocycles. The fourth-order valence-electron chi connectivity index (χ4n) is 0.771. The van der Waals surface area contributed by atoms with Gasteiger partial charge in [-0.15, -0.1) is 0 Å². The van der Waals surface area contributed by atoms with Crippen molar-refractivity contribution < 1.29 is 18.7 Å². The number of nitrogens with zero attached hydrogens (tertiary/aromatic N) is 1. The Kier molecular flexibility index (Phi) is 4.19. The summed E-state index contributed by atoms with van der Waals surface area (Å²) < 4.78 is 22.4. The van der Waals surface area contributed by atoms with Crippen LogP contribution >= 0.6 is 0 Å². The standard InChI is InChI=1S/C6H13NO4S/c1-3-12(10,11)6(4-8)5(2)7-9/h6,8-9H,3-4H2,1-2H3/b7-5+/t6-/m1/s1. The summed E-state index contributed by atoms with van der Waals surface area (Å²) in [6.45, 7) is 2.28. The van der Waals surface area contributed by atoms with Gasteiger partial charge in [0.15, 0.2) is 9.84 Å². The molecule has 0 rings (SSSR count). The molecule has 72 valence electrons. The molecule has 0 aliphatic heterocycles. The zero-order chi connectivity index (χ0) is 9.78. The van der Waals surface area contributed by atoms with Gasteiger partial charge < -0.3 is 10.3 Å². The smallest absolute Gasteiger partial charge is 0.160 e. The Bertz CT molecular complexity index is 257. The monoisotopic (exact) mass is 195 g/mol. The third kappa shape index (κ3) is 2.46. The van der Waals surface area contributed by atoms with Crippen LogP contribution < -0.4 is 0 Å². The highest BCUT2D eigenvalue weighted by molar-refractivity contribution is 7.92. The van der Waals surface area contributed by atoms with E-state index in [0.717, 1.165) is 0 Å². The molecule has 0 radical (unpaired) electrons. The lowest BCUT2D eigenvalue weighted by Gasteiger charge is -2.11. The van der Waals surface area contributed by atoms with Crippen molar-refractivity contribution in [3.63, 3.8) is 0 Å². The molecule has 6 heteroatoms. The number of hydrogen-bond donors (Lipinski definition) is 2. The molecule has 0 fully saturated rings. The molecular weight excluding hydrogens is 182 g/mol. The Labute approximate surface area is 71.6 Å². The highest BCUT2D eigenvalue weighted by Gasteiger charge is 2.25. The summed E-state index contributed by atoms with van der Waals surface area (Å²) in [6.07, 6.45) is 0. The third-order valence-electron chi connectivity index (χ3n) is 1.63. The van der Waals surface area contributed by atoms with Crippen LogP contribution in [0, 0.1) is 0 Å². The second-order valence-corrected chi connectivity index (χ2v) is 4.84. The van der Waals surface area contributed by atoms with Crippen molar-refractivity contribution in [3.8, 4) is 0 Å². The Balaban J connectivity index is 4.81. The van der Waals surface area contributed by atoms with E-state index in [-0.39, 0.29) is 11.5 Å².